The maximum Gasteiger partial charge on any atom is 0.123 e. The average Bonchev–Trinajstić information content (AvgIpc) is 2.96. The van der Waals surface area contributed by atoms with E-state index in [2.05, 4.69) is 56.2 Å². The van der Waals surface area contributed by atoms with E-state index in [1.54, 1.807) is 12.1 Å². The maximum absolute atomic E-state index is 13.4. The van der Waals surface area contributed by atoms with Crippen molar-refractivity contribution in [1.29, 1.82) is 0 Å². The average molecular weight is 352 g/mol. The van der Waals surface area contributed by atoms with Gasteiger partial charge in [-0.1, -0.05) is 35.9 Å². The van der Waals surface area contributed by atoms with Crippen molar-refractivity contribution >= 4 is 0 Å². The van der Waals surface area contributed by atoms with E-state index >= 15 is 0 Å². The van der Waals surface area contributed by atoms with Gasteiger partial charge >= 0.3 is 0 Å². The highest BCUT2D eigenvalue weighted by atomic mass is 19.1. The molecule has 2 aliphatic rings. The Hall–Kier alpha value is -1.71. The van der Waals surface area contributed by atoms with Crippen molar-refractivity contribution < 1.29 is 4.39 Å². The number of piperazine rings is 1. The molecule has 0 amide bonds. The molecule has 2 aromatic rings. The number of hydrogen-bond donors (Lipinski definition) is 1. The quantitative estimate of drug-likeness (QED) is 0.860. The zero-order valence-electron chi connectivity index (χ0n) is 16.2. The summed E-state index contributed by atoms with van der Waals surface area (Å²) in [5.74, 6) is 0.655. The number of nitrogens with zero attached hydrogens (tertiary/aromatic N) is 1. The van der Waals surface area contributed by atoms with Crippen LogP contribution in [0.4, 0.5) is 4.39 Å². The highest BCUT2D eigenvalue weighted by molar-refractivity contribution is 5.47. The largest absolute Gasteiger partial charge is 0.310 e. The summed E-state index contributed by atoms with van der Waals surface area (Å²) in [5, 5.41) is 3.82. The van der Waals surface area contributed by atoms with Crippen molar-refractivity contribution in [2.24, 2.45) is 0 Å². The lowest BCUT2D eigenvalue weighted by Gasteiger charge is -2.49. The van der Waals surface area contributed by atoms with E-state index in [1.165, 1.54) is 22.3 Å². The predicted octanol–water partition coefficient (Wildman–Crippen LogP) is 4.44. The number of fused-ring (bicyclic) bond motifs is 1. The SMILES string of the molecule is Cc1ccc2c(c1)C(C1NCCN(C)C1(C)C)CC2c1ccc(F)cc1. The van der Waals surface area contributed by atoms with Gasteiger partial charge in [-0.25, -0.2) is 4.39 Å². The van der Waals surface area contributed by atoms with Crippen LogP contribution in [0, 0.1) is 12.7 Å². The molecule has 2 nitrogen and oxygen atoms in total. The van der Waals surface area contributed by atoms with Crippen LogP contribution in [0.5, 0.6) is 0 Å². The minimum atomic E-state index is -0.163. The van der Waals surface area contributed by atoms with Crippen LogP contribution in [0.3, 0.4) is 0 Å². The van der Waals surface area contributed by atoms with Crippen LogP contribution in [0.25, 0.3) is 0 Å². The van der Waals surface area contributed by atoms with E-state index in [-0.39, 0.29) is 11.4 Å². The molecule has 1 heterocycles. The standard InChI is InChI=1S/C23H29FN2/c1-15-5-10-18-19(16-6-8-17(24)9-7-16)14-21(20(18)13-15)22-23(2,3)26(4)12-11-25-22/h5-10,13,19,21-22,25H,11-12,14H2,1-4H3. The fraction of sp³-hybridized carbons (Fsp3) is 0.478. The molecule has 3 unspecified atom stereocenters. The number of rotatable bonds is 2. The molecule has 1 saturated heterocycles. The Morgan fingerprint density at radius 2 is 1.81 bits per heavy atom. The highest BCUT2D eigenvalue weighted by Gasteiger charge is 2.45. The summed E-state index contributed by atoms with van der Waals surface area (Å²) in [6.07, 6.45) is 1.08. The van der Waals surface area contributed by atoms with Gasteiger partial charge in [-0.2, -0.15) is 0 Å². The number of likely N-dealkylation sites (N-methyl/N-ethyl adjacent to an activating group) is 1. The van der Waals surface area contributed by atoms with Gasteiger partial charge in [-0.3, -0.25) is 4.90 Å². The Labute approximate surface area is 156 Å². The summed E-state index contributed by atoms with van der Waals surface area (Å²) in [7, 11) is 2.23. The van der Waals surface area contributed by atoms with Crippen molar-refractivity contribution in [3.63, 3.8) is 0 Å². The third-order valence-electron chi connectivity index (χ3n) is 6.74. The molecular weight excluding hydrogens is 323 g/mol. The molecule has 1 N–H and O–H groups in total. The van der Waals surface area contributed by atoms with Crippen molar-refractivity contribution in [2.45, 2.75) is 50.6 Å². The molecule has 2 aromatic carbocycles. The minimum Gasteiger partial charge on any atom is -0.310 e. The Balaban J connectivity index is 1.76. The molecule has 0 saturated carbocycles. The molecule has 3 atom stereocenters. The molecule has 3 heteroatoms. The summed E-state index contributed by atoms with van der Waals surface area (Å²) in [5.41, 5.74) is 5.52. The van der Waals surface area contributed by atoms with Crippen molar-refractivity contribution in [3.05, 3.63) is 70.5 Å². The first-order valence-corrected chi connectivity index (χ1v) is 9.68. The molecule has 0 radical (unpaired) electrons. The fourth-order valence-electron chi connectivity index (χ4n) is 4.96. The van der Waals surface area contributed by atoms with Gasteiger partial charge in [0.2, 0.25) is 0 Å². The lowest BCUT2D eigenvalue weighted by atomic mass is 9.78. The van der Waals surface area contributed by atoms with Gasteiger partial charge in [-0.05, 0) is 63.1 Å². The van der Waals surface area contributed by atoms with Crippen LogP contribution >= 0.6 is 0 Å². The zero-order chi connectivity index (χ0) is 18.5. The first-order chi connectivity index (χ1) is 12.4. The van der Waals surface area contributed by atoms with E-state index in [0.717, 1.165) is 19.5 Å². The molecule has 4 rings (SSSR count). The van der Waals surface area contributed by atoms with E-state index in [9.17, 15) is 4.39 Å². The van der Waals surface area contributed by atoms with Crippen molar-refractivity contribution in [1.82, 2.24) is 10.2 Å². The zero-order valence-corrected chi connectivity index (χ0v) is 16.2. The van der Waals surface area contributed by atoms with Gasteiger partial charge in [-0.15, -0.1) is 0 Å². The number of halogens is 1. The van der Waals surface area contributed by atoms with Gasteiger partial charge in [0.15, 0.2) is 0 Å². The van der Waals surface area contributed by atoms with Crippen LogP contribution in [-0.4, -0.2) is 36.6 Å². The summed E-state index contributed by atoms with van der Waals surface area (Å²) in [4.78, 5) is 2.48. The second-order valence-corrected chi connectivity index (χ2v) is 8.59. The Morgan fingerprint density at radius 3 is 2.54 bits per heavy atom. The van der Waals surface area contributed by atoms with Crippen LogP contribution in [0.1, 0.15) is 54.4 Å². The van der Waals surface area contributed by atoms with Crippen LogP contribution in [-0.2, 0) is 0 Å². The molecule has 1 aliphatic carbocycles. The summed E-state index contributed by atoms with van der Waals surface area (Å²) in [6.45, 7) is 8.99. The van der Waals surface area contributed by atoms with Crippen LogP contribution in [0.15, 0.2) is 42.5 Å². The normalized spacial score (nSPS) is 28.1. The first-order valence-electron chi connectivity index (χ1n) is 9.68. The molecule has 1 fully saturated rings. The second kappa shape index (κ2) is 6.47. The first kappa shape index (κ1) is 17.7. The lowest BCUT2D eigenvalue weighted by molar-refractivity contribution is 0.0609. The van der Waals surface area contributed by atoms with Crippen LogP contribution in [0.2, 0.25) is 0 Å². The molecule has 26 heavy (non-hydrogen) atoms. The molecule has 0 aromatic heterocycles. The molecule has 1 aliphatic heterocycles. The van der Waals surface area contributed by atoms with E-state index in [1.807, 2.05) is 12.1 Å². The second-order valence-electron chi connectivity index (χ2n) is 8.59. The summed E-state index contributed by atoms with van der Waals surface area (Å²) >= 11 is 0. The van der Waals surface area contributed by atoms with Gasteiger partial charge < -0.3 is 5.32 Å². The molecular formula is C23H29FN2. The summed E-state index contributed by atoms with van der Waals surface area (Å²) < 4.78 is 13.4. The van der Waals surface area contributed by atoms with Crippen molar-refractivity contribution in [2.75, 3.05) is 20.1 Å². The number of aryl methyl sites for hydroxylation is 1. The molecule has 0 bridgehead atoms. The van der Waals surface area contributed by atoms with Gasteiger partial charge in [0.25, 0.3) is 0 Å². The summed E-state index contributed by atoms with van der Waals surface area (Å²) in [6, 6.07) is 14.4. The minimum absolute atomic E-state index is 0.0988. The topological polar surface area (TPSA) is 15.3 Å². The third kappa shape index (κ3) is 2.87. The fourth-order valence-corrected chi connectivity index (χ4v) is 4.96. The van der Waals surface area contributed by atoms with Gasteiger partial charge in [0.1, 0.15) is 5.82 Å². The van der Waals surface area contributed by atoms with E-state index in [0.29, 0.717) is 17.9 Å². The van der Waals surface area contributed by atoms with Gasteiger partial charge in [0, 0.05) is 36.5 Å². The Kier molecular flexibility index (Phi) is 4.40. The number of hydrogen-bond acceptors (Lipinski definition) is 2. The maximum atomic E-state index is 13.4. The van der Waals surface area contributed by atoms with E-state index < -0.39 is 0 Å². The smallest absolute Gasteiger partial charge is 0.123 e. The van der Waals surface area contributed by atoms with Crippen molar-refractivity contribution in [3.8, 4) is 0 Å². The lowest BCUT2D eigenvalue weighted by Crippen LogP contribution is -2.64. The number of nitrogens with one attached hydrogen (secondary N) is 1. The Bertz CT molecular complexity index is 796. The highest BCUT2D eigenvalue weighted by Crippen LogP contribution is 2.49. The molecule has 0 spiro atoms. The predicted molar refractivity (Wildman–Crippen MR) is 105 cm³/mol. The monoisotopic (exact) mass is 352 g/mol. The van der Waals surface area contributed by atoms with Gasteiger partial charge in [0.05, 0.1) is 0 Å². The number of benzene rings is 2. The molecule has 138 valence electrons. The Morgan fingerprint density at radius 1 is 1.08 bits per heavy atom. The third-order valence-corrected chi connectivity index (χ3v) is 6.74. The van der Waals surface area contributed by atoms with E-state index in [4.69, 9.17) is 0 Å². The van der Waals surface area contributed by atoms with Crippen LogP contribution < -0.4 is 5.32 Å².